The third-order valence-corrected chi connectivity index (χ3v) is 4.71. The molecule has 110 valence electrons. The van der Waals surface area contributed by atoms with E-state index >= 15 is 0 Å². The molecule has 0 saturated carbocycles. The smallest absolute Gasteiger partial charge is 0.187 e. The van der Waals surface area contributed by atoms with E-state index in [2.05, 4.69) is 17.4 Å². The molecule has 21 heavy (non-hydrogen) atoms. The van der Waals surface area contributed by atoms with E-state index in [9.17, 15) is 8.78 Å². The van der Waals surface area contributed by atoms with Crippen molar-refractivity contribution in [2.75, 3.05) is 5.75 Å². The van der Waals surface area contributed by atoms with Crippen LogP contribution >= 0.6 is 11.8 Å². The Morgan fingerprint density at radius 1 is 1.19 bits per heavy atom. The van der Waals surface area contributed by atoms with E-state index in [1.54, 1.807) is 0 Å². The van der Waals surface area contributed by atoms with Crippen LogP contribution in [-0.4, -0.2) is 10.9 Å². The van der Waals surface area contributed by atoms with Crippen molar-refractivity contribution < 1.29 is 13.9 Å². The quantitative estimate of drug-likeness (QED) is 0.899. The summed E-state index contributed by atoms with van der Waals surface area (Å²) in [5, 5.41) is 12.4. The third kappa shape index (κ3) is 3.04. The normalized spacial score (nSPS) is 17.5. The van der Waals surface area contributed by atoms with Crippen molar-refractivity contribution in [1.82, 2.24) is 5.32 Å². The van der Waals surface area contributed by atoms with E-state index in [1.807, 2.05) is 23.9 Å². The van der Waals surface area contributed by atoms with Crippen LogP contribution < -0.4 is 5.32 Å². The first-order chi connectivity index (χ1) is 10.1. The highest BCUT2D eigenvalue weighted by Gasteiger charge is 2.20. The molecule has 0 radical (unpaired) electrons. The predicted molar refractivity (Wildman–Crippen MR) is 79.4 cm³/mol. The largest absolute Gasteiger partial charge is 0.503 e. The van der Waals surface area contributed by atoms with Crippen LogP contribution in [-0.2, 0) is 6.54 Å². The van der Waals surface area contributed by atoms with Gasteiger partial charge in [-0.15, -0.1) is 11.8 Å². The topological polar surface area (TPSA) is 32.3 Å². The highest BCUT2D eigenvalue weighted by molar-refractivity contribution is 7.99. The average Bonchev–Trinajstić information content (AvgIpc) is 2.50. The second kappa shape index (κ2) is 6.03. The fraction of sp³-hybridized carbons (Fsp3) is 0.250. The molecule has 1 heterocycles. The number of nitrogens with one attached hydrogen (secondary N) is 1. The van der Waals surface area contributed by atoms with Crippen LogP contribution in [0.15, 0.2) is 41.3 Å². The summed E-state index contributed by atoms with van der Waals surface area (Å²) < 4.78 is 26.6. The van der Waals surface area contributed by atoms with Gasteiger partial charge in [-0.05, 0) is 41.5 Å². The van der Waals surface area contributed by atoms with Gasteiger partial charge in [-0.3, -0.25) is 0 Å². The molecule has 3 rings (SSSR count). The summed E-state index contributed by atoms with van der Waals surface area (Å²) in [6.45, 7) is 0.359. The van der Waals surface area contributed by atoms with Crippen molar-refractivity contribution in [1.29, 1.82) is 0 Å². The number of halogens is 2. The third-order valence-electron chi connectivity index (χ3n) is 3.59. The van der Waals surface area contributed by atoms with E-state index in [-0.39, 0.29) is 6.04 Å². The van der Waals surface area contributed by atoms with Crippen LogP contribution in [0.2, 0.25) is 0 Å². The zero-order valence-electron chi connectivity index (χ0n) is 11.3. The molecule has 2 N–H and O–H groups in total. The molecule has 2 aromatic carbocycles. The van der Waals surface area contributed by atoms with E-state index in [0.717, 1.165) is 24.3 Å². The van der Waals surface area contributed by atoms with Gasteiger partial charge >= 0.3 is 0 Å². The highest BCUT2D eigenvalue weighted by atomic mass is 32.2. The number of phenolic OH excluding ortho intramolecular Hbond substituents is 1. The van der Waals surface area contributed by atoms with Gasteiger partial charge in [0.1, 0.15) is 0 Å². The summed E-state index contributed by atoms with van der Waals surface area (Å²) in [7, 11) is 0. The van der Waals surface area contributed by atoms with E-state index in [0.29, 0.717) is 12.1 Å². The van der Waals surface area contributed by atoms with Crippen LogP contribution in [0.25, 0.3) is 0 Å². The van der Waals surface area contributed by atoms with Gasteiger partial charge < -0.3 is 10.4 Å². The highest BCUT2D eigenvalue weighted by Crippen LogP contribution is 2.36. The number of phenols is 1. The van der Waals surface area contributed by atoms with Crippen molar-refractivity contribution in [3.8, 4) is 5.75 Å². The lowest BCUT2D eigenvalue weighted by molar-refractivity contribution is 0.394. The SMILES string of the molecule is Oc1c(F)cc(CNC2CCSc3ccccc32)cc1F. The molecule has 0 aliphatic carbocycles. The minimum absolute atomic E-state index is 0.183. The summed E-state index contributed by atoms with van der Waals surface area (Å²) in [6, 6.07) is 10.7. The molecule has 0 saturated heterocycles. The van der Waals surface area contributed by atoms with Gasteiger partial charge in [-0.25, -0.2) is 8.78 Å². The summed E-state index contributed by atoms with van der Waals surface area (Å²) in [5.41, 5.74) is 1.71. The molecule has 0 amide bonds. The first kappa shape index (κ1) is 14.4. The van der Waals surface area contributed by atoms with Crippen molar-refractivity contribution in [3.05, 3.63) is 59.2 Å². The molecule has 0 aromatic heterocycles. The fourth-order valence-electron chi connectivity index (χ4n) is 2.52. The van der Waals surface area contributed by atoms with Crippen LogP contribution in [0.1, 0.15) is 23.6 Å². The van der Waals surface area contributed by atoms with Gasteiger partial charge in [0, 0.05) is 17.5 Å². The van der Waals surface area contributed by atoms with Gasteiger partial charge in [0.15, 0.2) is 17.4 Å². The number of hydrogen-bond donors (Lipinski definition) is 2. The van der Waals surface area contributed by atoms with Crippen molar-refractivity contribution in [2.24, 2.45) is 0 Å². The maximum Gasteiger partial charge on any atom is 0.187 e. The van der Waals surface area contributed by atoms with E-state index in [1.165, 1.54) is 10.5 Å². The number of aromatic hydroxyl groups is 1. The van der Waals surface area contributed by atoms with Crippen molar-refractivity contribution in [2.45, 2.75) is 23.9 Å². The van der Waals surface area contributed by atoms with Gasteiger partial charge in [-0.2, -0.15) is 0 Å². The molecule has 0 bridgehead atoms. The van der Waals surface area contributed by atoms with Gasteiger partial charge in [0.05, 0.1) is 0 Å². The van der Waals surface area contributed by atoms with Crippen LogP contribution in [0.3, 0.4) is 0 Å². The number of fused-ring (bicyclic) bond motifs is 1. The van der Waals surface area contributed by atoms with Gasteiger partial charge in [0.2, 0.25) is 0 Å². The predicted octanol–water partition coefficient (Wildman–Crippen LogP) is 4.00. The molecule has 5 heteroatoms. The molecule has 0 spiro atoms. The minimum atomic E-state index is -0.925. The van der Waals surface area contributed by atoms with Crippen LogP contribution in [0.5, 0.6) is 5.75 Å². The number of thioether (sulfide) groups is 1. The molecule has 2 nitrogen and oxygen atoms in total. The van der Waals surface area contributed by atoms with Crippen LogP contribution in [0, 0.1) is 11.6 Å². The second-order valence-corrected chi connectivity index (χ2v) is 6.15. The maximum absolute atomic E-state index is 13.3. The van der Waals surface area contributed by atoms with Gasteiger partial charge in [-0.1, -0.05) is 18.2 Å². The fourth-order valence-corrected chi connectivity index (χ4v) is 3.64. The monoisotopic (exact) mass is 307 g/mol. The molecule has 2 aromatic rings. The lowest BCUT2D eigenvalue weighted by Gasteiger charge is -2.26. The molecule has 1 atom stereocenters. The first-order valence-corrected chi connectivity index (χ1v) is 7.75. The molecule has 0 fully saturated rings. The molecule has 1 aliphatic rings. The number of hydrogen-bond acceptors (Lipinski definition) is 3. The van der Waals surface area contributed by atoms with E-state index < -0.39 is 17.4 Å². The minimum Gasteiger partial charge on any atom is -0.503 e. The van der Waals surface area contributed by atoms with Crippen LogP contribution in [0.4, 0.5) is 8.78 Å². The Morgan fingerprint density at radius 3 is 2.67 bits per heavy atom. The summed E-state index contributed by atoms with van der Waals surface area (Å²) in [5.74, 6) is -1.75. The molecular formula is C16H15F2NOS. The summed E-state index contributed by atoms with van der Waals surface area (Å²) in [6.07, 6.45) is 0.977. The molecular weight excluding hydrogens is 292 g/mol. The Kier molecular flexibility index (Phi) is 4.12. The van der Waals surface area contributed by atoms with E-state index in [4.69, 9.17) is 5.11 Å². The summed E-state index contributed by atoms with van der Waals surface area (Å²) >= 11 is 1.83. The Hall–Kier alpha value is -1.59. The Bertz CT molecular complexity index is 639. The maximum atomic E-state index is 13.3. The van der Waals surface area contributed by atoms with Crippen molar-refractivity contribution >= 4 is 11.8 Å². The Balaban J connectivity index is 1.74. The Morgan fingerprint density at radius 2 is 1.90 bits per heavy atom. The standard InChI is InChI=1S/C16H15F2NOS/c17-12-7-10(8-13(18)16(12)20)9-19-14-5-6-21-15-4-2-1-3-11(14)15/h1-4,7-8,14,19-20H,5-6,9H2. The van der Waals surface area contributed by atoms with Crippen molar-refractivity contribution in [3.63, 3.8) is 0 Å². The first-order valence-electron chi connectivity index (χ1n) is 6.77. The zero-order valence-corrected chi connectivity index (χ0v) is 12.1. The van der Waals surface area contributed by atoms with Gasteiger partial charge in [0.25, 0.3) is 0 Å². The lowest BCUT2D eigenvalue weighted by Crippen LogP contribution is -2.24. The lowest BCUT2D eigenvalue weighted by atomic mass is 10.0. The summed E-state index contributed by atoms with van der Waals surface area (Å²) in [4.78, 5) is 1.25. The Labute approximate surface area is 126 Å². The molecule has 1 aliphatic heterocycles. The number of rotatable bonds is 3. The molecule has 1 unspecified atom stereocenters. The second-order valence-electron chi connectivity index (χ2n) is 5.02. The zero-order chi connectivity index (χ0) is 14.8. The average molecular weight is 307 g/mol. The number of benzene rings is 2.